The van der Waals surface area contributed by atoms with Gasteiger partial charge in [-0.15, -0.1) is 11.8 Å². The Hall–Kier alpha value is -4.19. The highest BCUT2D eigenvalue weighted by molar-refractivity contribution is 7.99. The molecule has 0 aliphatic carbocycles. The van der Waals surface area contributed by atoms with E-state index in [1.807, 2.05) is 36.4 Å². The minimum atomic E-state index is -0.182. The molecule has 1 amide bonds. The second kappa shape index (κ2) is 13.1. The van der Waals surface area contributed by atoms with Gasteiger partial charge in [-0.3, -0.25) is 4.79 Å². The number of nitrogens with one attached hydrogen (secondary N) is 1. The van der Waals surface area contributed by atoms with Gasteiger partial charge < -0.3 is 19.5 Å². The van der Waals surface area contributed by atoms with Crippen molar-refractivity contribution in [1.29, 1.82) is 5.26 Å². The molecule has 0 spiro atoms. The molecule has 0 radical (unpaired) electrons. The van der Waals surface area contributed by atoms with Gasteiger partial charge in [-0.2, -0.15) is 5.26 Å². The molecule has 7 nitrogen and oxygen atoms in total. The number of nitrogens with zero attached hydrogens (tertiary/aromatic N) is 2. The topological polar surface area (TPSA) is 93.5 Å². The average Bonchev–Trinajstić information content (AvgIpc) is 2.97. The molecule has 1 heterocycles. The zero-order valence-electron chi connectivity index (χ0n) is 21.7. The summed E-state index contributed by atoms with van der Waals surface area (Å²) in [5, 5.41) is 14.0. The molecule has 1 N–H and O–H groups in total. The number of ether oxygens (including phenoxy) is 3. The van der Waals surface area contributed by atoms with Gasteiger partial charge in [-0.25, -0.2) is 4.98 Å². The summed E-state index contributed by atoms with van der Waals surface area (Å²) in [4.78, 5) is 17.4. The summed E-state index contributed by atoms with van der Waals surface area (Å²) >= 11 is 7.50. The predicted molar refractivity (Wildman–Crippen MR) is 155 cm³/mol. The molecule has 4 rings (SSSR count). The number of hydrogen-bond acceptors (Lipinski definition) is 7. The summed E-state index contributed by atoms with van der Waals surface area (Å²) in [5.41, 5.74) is 3.91. The van der Waals surface area contributed by atoms with Crippen LogP contribution < -0.4 is 19.5 Å². The first-order valence-electron chi connectivity index (χ1n) is 12.0. The van der Waals surface area contributed by atoms with Crippen LogP contribution in [-0.4, -0.2) is 38.0 Å². The number of methoxy groups -OCH3 is 3. The Bertz CT molecular complexity index is 1500. The van der Waals surface area contributed by atoms with Crippen molar-refractivity contribution in [2.45, 2.75) is 11.4 Å². The molecule has 3 aromatic carbocycles. The highest BCUT2D eigenvalue weighted by Crippen LogP contribution is 2.43. The lowest BCUT2D eigenvalue weighted by molar-refractivity contribution is -0.115. The monoisotopic (exact) mass is 559 g/mol. The number of pyridine rings is 1. The number of anilines is 1. The van der Waals surface area contributed by atoms with Gasteiger partial charge in [0.1, 0.15) is 11.1 Å². The Balaban J connectivity index is 1.71. The Morgan fingerprint density at radius 1 is 0.949 bits per heavy atom. The lowest BCUT2D eigenvalue weighted by atomic mass is 9.98. The first kappa shape index (κ1) is 27.8. The van der Waals surface area contributed by atoms with Crippen LogP contribution in [0.25, 0.3) is 22.4 Å². The Morgan fingerprint density at radius 2 is 1.62 bits per heavy atom. The van der Waals surface area contributed by atoms with Crippen molar-refractivity contribution in [3.8, 4) is 45.7 Å². The molecule has 198 valence electrons. The smallest absolute Gasteiger partial charge is 0.225 e. The molecular formula is C30H26ClN3O4S. The van der Waals surface area contributed by atoms with Crippen molar-refractivity contribution in [2.24, 2.45) is 0 Å². The third kappa shape index (κ3) is 6.45. The van der Waals surface area contributed by atoms with Crippen LogP contribution in [0.3, 0.4) is 0 Å². The van der Waals surface area contributed by atoms with Crippen molar-refractivity contribution in [1.82, 2.24) is 4.98 Å². The molecule has 39 heavy (non-hydrogen) atoms. The summed E-state index contributed by atoms with van der Waals surface area (Å²) in [6, 6.07) is 24.6. The van der Waals surface area contributed by atoms with E-state index in [9.17, 15) is 10.1 Å². The van der Waals surface area contributed by atoms with Gasteiger partial charge in [-0.05, 0) is 35.9 Å². The second-order valence-electron chi connectivity index (χ2n) is 8.25. The SMILES string of the molecule is COc1cc(-c2cc(-c3ccccc3)nc(SCCC(=O)Nc3ccccc3Cl)c2C#N)cc(OC)c1OC. The van der Waals surface area contributed by atoms with Gasteiger partial charge in [0, 0.05) is 23.3 Å². The second-order valence-corrected chi connectivity index (χ2v) is 9.74. The number of amides is 1. The molecule has 0 saturated heterocycles. The molecule has 0 saturated carbocycles. The molecular weight excluding hydrogens is 534 g/mol. The molecule has 9 heteroatoms. The first-order chi connectivity index (χ1) is 19.0. The maximum Gasteiger partial charge on any atom is 0.225 e. The van der Waals surface area contributed by atoms with Gasteiger partial charge in [-0.1, -0.05) is 54.1 Å². The Labute approximate surface area is 236 Å². The highest BCUT2D eigenvalue weighted by Gasteiger charge is 2.20. The summed E-state index contributed by atoms with van der Waals surface area (Å²) in [6.07, 6.45) is 0.206. The van der Waals surface area contributed by atoms with E-state index in [0.29, 0.717) is 61.1 Å². The van der Waals surface area contributed by atoms with E-state index in [1.54, 1.807) is 50.6 Å². The van der Waals surface area contributed by atoms with Crippen LogP contribution in [0.5, 0.6) is 17.2 Å². The van der Waals surface area contributed by atoms with Crippen LogP contribution in [0.4, 0.5) is 5.69 Å². The van der Waals surface area contributed by atoms with Crippen molar-refractivity contribution >= 4 is 35.0 Å². The van der Waals surface area contributed by atoms with E-state index in [2.05, 4.69) is 11.4 Å². The van der Waals surface area contributed by atoms with Crippen LogP contribution in [-0.2, 0) is 4.79 Å². The number of nitriles is 1. The molecule has 4 aromatic rings. The molecule has 0 aliphatic heterocycles. The minimum absolute atomic E-state index is 0.182. The normalized spacial score (nSPS) is 10.4. The van der Waals surface area contributed by atoms with E-state index < -0.39 is 0 Å². The Kier molecular flexibility index (Phi) is 9.31. The molecule has 0 fully saturated rings. The van der Waals surface area contributed by atoms with Gasteiger partial charge in [0.15, 0.2) is 11.5 Å². The average molecular weight is 560 g/mol. The van der Waals surface area contributed by atoms with E-state index in [4.69, 9.17) is 30.8 Å². The predicted octanol–water partition coefficient (Wildman–Crippen LogP) is 7.09. The summed E-state index contributed by atoms with van der Waals surface area (Å²) < 4.78 is 16.6. The lowest BCUT2D eigenvalue weighted by Gasteiger charge is -2.16. The largest absolute Gasteiger partial charge is 0.493 e. The molecule has 0 bridgehead atoms. The van der Waals surface area contributed by atoms with Crippen LogP contribution in [0.1, 0.15) is 12.0 Å². The number of aromatic nitrogens is 1. The van der Waals surface area contributed by atoms with Crippen molar-refractivity contribution in [3.63, 3.8) is 0 Å². The summed E-state index contributed by atoms with van der Waals surface area (Å²) in [6.45, 7) is 0. The molecule has 0 aliphatic rings. The minimum Gasteiger partial charge on any atom is -0.493 e. The molecule has 0 unspecified atom stereocenters. The van der Waals surface area contributed by atoms with E-state index in [-0.39, 0.29) is 12.3 Å². The van der Waals surface area contributed by atoms with Crippen molar-refractivity contribution in [2.75, 3.05) is 32.4 Å². The van der Waals surface area contributed by atoms with Gasteiger partial charge in [0.2, 0.25) is 11.7 Å². The number of thioether (sulfide) groups is 1. The fourth-order valence-corrected chi connectivity index (χ4v) is 5.10. The van der Waals surface area contributed by atoms with Crippen LogP contribution >= 0.6 is 23.4 Å². The van der Waals surface area contributed by atoms with Crippen LogP contribution in [0.2, 0.25) is 5.02 Å². The lowest BCUT2D eigenvalue weighted by Crippen LogP contribution is -2.12. The van der Waals surface area contributed by atoms with E-state index in [1.165, 1.54) is 18.9 Å². The quantitative estimate of drug-likeness (QED) is 0.207. The molecule has 1 aromatic heterocycles. The van der Waals surface area contributed by atoms with E-state index >= 15 is 0 Å². The maximum atomic E-state index is 12.6. The number of carbonyl (C=O) groups excluding carboxylic acids is 1. The van der Waals surface area contributed by atoms with Gasteiger partial charge in [0.25, 0.3) is 0 Å². The summed E-state index contributed by atoms with van der Waals surface area (Å²) in [7, 11) is 4.63. The van der Waals surface area contributed by atoms with E-state index in [0.717, 1.165) is 5.56 Å². The maximum absolute atomic E-state index is 12.6. The number of hydrogen-bond donors (Lipinski definition) is 1. The molecule has 0 atom stereocenters. The number of halogens is 1. The zero-order valence-corrected chi connectivity index (χ0v) is 23.2. The Morgan fingerprint density at radius 3 is 2.23 bits per heavy atom. The number of benzene rings is 3. The number of para-hydroxylation sites is 1. The number of rotatable bonds is 10. The van der Waals surface area contributed by atoms with Crippen LogP contribution in [0.15, 0.2) is 77.8 Å². The number of carbonyl (C=O) groups is 1. The van der Waals surface area contributed by atoms with Gasteiger partial charge in [0.05, 0.1) is 43.3 Å². The summed E-state index contributed by atoms with van der Waals surface area (Å²) in [5.74, 6) is 1.63. The van der Waals surface area contributed by atoms with Gasteiger partial charge >= 0.3 is 0 Å². The first-order valence-corrected chi connectivity index (χ1v) is 13.3. The van der Waals surface area contributed by atoms with Crippen LogP contribution in [0, 0.1) is 11.3 Å². The zero-order chi connectivity index (χ0) is 27.8. The standard InChI is InChI=1S/C30H26ClN3O4S/c1-36-26-15-20(16-27(37-2)29(26)38-3)21-17-25(19-9-5-4-6-10-19)34-30(22(21)18-32)39-14-13-28(35)33-24-12-8-7-11-23(24)31/h4-12,15-17H,13-14H2,1-3H3,(H,33,35). The van der Waals surface area contributed by atoms with Crippen molar-refractivity contribution in [3.05, 3.63) is 83.4 Å². The fourth-order valence-electron chi connectivity index (χ4n) is 3.97. The third-order valence-corrected chi connectivity index (χ3v) is 7.17. The highest BCUT2D eigenvalue weighted by atomic mass is 35.5. The third-order valence-electron chi connectivity index (χ3n) is 5.86. The fraction of sp³-hybridized carbons (Fsp3) is 0.167. The van der Waals surface area contributed by atoms with Crippen molar-refractivity contribution < 1.29 is 19.0 Å².